The van der Waals surface area contributed by atoms with Crippen LogP contribution in [-0.4, -0.2) is 230 Å². The number of rotatable bonds is 46. The minimum Gasteiger partial charge on any atom is -0.508 e. The molecule has 15 amide bonds. The van der Waals surface area contributed by atoms with Crippen molar-refractivity contribution in [2.75, 3.05) is 19.7 Å². The summed E-state index contributed by atoms with van der Waals surface area (Å²) in [5, 5.41) is 81.7. The minimum atomic E-state index is -2.14. The number of carbonyl (C=O) groups is 17. The highest BCUT2D eigenvalue weighted by Crippen LogP contribution is 2.15. The minimum absolute atomic E-state index is 0.109. The molecule has 39 heteroatoms. The molecule has 26 N–H and O–H groups in total. The van der Waals surface area contributed by atoms with E-state index in [1.165, 1.54) is 31.2 Å². The van der Waals surface area contributed by atoms with Gasteiger partial charge >= 0.3 is 11.9 Å². The number of hydrogen-bond donors (Lipinski definition) is 22. The third-order valence-electron chi connectivity index (χ3n) is 16.0. The number of aliphatic hydroxyl groups is 2. The Morgan fingerprint density at radius 1 is 0.471 bits per heavy atom. The molecule has 1 heterocycles. The van der Waals surface area contributed by atoms with Crippen molar-refractivity contribution >= 4 is 101 Å². The summed E-state index contributed by atoms with van der Waals surface area (Å²) < 4.78 is 0. The highest BCUT2D eigenvalue weighted by Gasteiger charge is 2.39. The van der Waals surface area contributed by atoms with Gasteiger partial charge in [0.1, 0.15) is 78.3 Å². The van der Waals surface area contributed by atoms with Gasteiger partial charge in [-0.25, -0.2) is 4.79 Å². The van der Waals surface area contributed by atoms with E-state index in [-0.39, 0.29) is 50.8 Å². The Labute approximate surface area is 597 Å². The monoisotopic (exact) mass is 1470 g/mol. The summed E-state index contributed by atoms with van der Waals surface area (Å²) in [6, 6.07) is -7.78. The maximum absolute atomic E-state index is 14.4. The predicted octanol–water partition coefficient (Wildman–Crippen LogP) is -8.09. The Hall–Kier alpha value is -10.9. The Morgan fingerprint density at radius 2 is 0.904 bits per heavy atom. The van der Waals surface area contributed by atoms with Crippen LogP contribution >= 0.6 is 0 Å². The van der Waals surface area contributed by atoms with Crippen LogP contribution in [0.25, 0.3) is 0 Å². The highest BCUT2D eigenvalue weighted by atomic mass is 16.4. The first-order valence-corrected chi connectivity index (χ1v) is 33.4. The second-order valence-corrected chi connectivity index (χ2v) is 25.3. The van der Waals surface area contributed by atoms with Crippen LogP contribution in [0.4, 0.5) is 0 Å². The Bertz CT molecular complexity index is 3360. The van der Waals surface area contributed by atoms with Crippen molar-refractivity contribution in [3.63, 3.8) is 0 Å². The third kappa shape index (κ3) is 31.1. The van der Waals surface area contributed by atoms with Crippen molar-refractivity contribution in [2.45, 2.75) is 203 Å². The number of hydrogen-bond acceptors (Lipinski definition) is 22. The number of primary amides is 3. The maximum Gasteiger partial charge on any atom is 0.326 e. The molecule has 2 aromatic rings. The SMILES string of the molecule is CC(C)C[C@H](NC(=O)[C@@H](NC(=O)[C@H](CC(N)=O)NC(=O)[C@H](CC(=O)O)NC(=O)[C@H](CC(N)=O)NC(=O)[C@H](C)NC(=O)[C@@H]1CCCN1)[C@@H](C)O)C(=O)N[C@@H](Cc1ccc(O)cc1)C(=O)N[C@@H](C)C(=O)N[C@@H](CO)C(=O)N[C@@H](CCCCN)C(=O)N[C@@H](Cc1ccccc1)C(=O)N[C@@H](CCC(N)=O)C(=O)O. The number of benzene rings is 2. The quantitative estimate of drug-likeness (QED) is 0.0274. The summed E-state index contributed by atoms with van der Waals surface area (Å²) in [7, 11) is 0. The fourth-order valence-corrected chi connectivity index (χ4v) is 10.4. The van der Waals surface area contributed by atoms with Gasteiger partial charge in [-0.2, -0.15) is 0 Å². The summed E-state index contributed by atoms with van der Waals surface area (Å²) in [6.45, 7) is 6.32. The van der Waals surface area contributed by atoms with Gasteiger partial charge in [0.15, 0.2) is 0 Å². The molecule has 0 saturated carbocycles. The smallest absolute Gasteiger partial charge is 0.326 e. The summed E-state index contributed by atoms with van der Waals surface area (Å²) in [5.74, 6) is -20.5. The van der Waals surface area contributed by atoms with Crippen LogP contribution in [0.3, 0.4) is 0 Å². The molecule has 1 saturated heterocycles. The normalized spacial score (nSPS) is 16.2. The van der Waals surface area contributed by atoms with Gasteiger partial charge in [0.2, 0.25) is 88.6 Å². The van der Waals surface area contributed by atoms with Crippen molar-refractivity contribution < 1.29 is 107 Å². The molecule has 1 fully saturated rings. The van der Waals surface area contributed by atoms with Gasteiger partial charge in [0.25, 0.3) is 0 Å². The number of phenols is 1. The highest BCUT2D eigenvalue weighted by molar-refractivity contribution is 6.01. The lowest BCUT2D eigenvalue weighted by Gasteiger charge is -2.29. The van der Waals surface area contributed by atoms with E-state index in [1.54, 1.807) is 44.2 Å². The average molecular weight is 1470 g/mol. The van der Waals surface area contributed by atoms with E-state index in [1.807, 2.05) is 5.32 Å². The summed E-state index contributed by atoms with van der Waals surface area (Å²) in [5.41, 5.74) is 22.5. The van der Waals surface area contributed by atoms with Gasteiger partial charge in [0.05, 0.1) is 38.0 Å². The van der Waals surface area contributed by atoms with Crippen LogP contribution in [-0.2, 0) is 94.3 Å². The molecule has 0 unspecified atom stereocenters. The molecule has 0 spiro atoms. The first-order valence-electron chi connectivity index (χ1n) is 33.4. The fourth-order valence-electron chi connectivity index (χ4n) is 10.4. The number of carbonyl (C=O) groups excluding carboxylic acids is 15. The van der Waals surface area contributed by atoms with Crippen molar-refractivity contribution in [3.05, 3.63) is 65.7 Å². The maximum atomic E-state index is 14.4. The molecule has 0 bridgehead atoms. The molecule has 2 aromatic carbocycles. The van der Waals surface area contributed by atoms with E-state index in [2.05, 4.69) is 63.8 Å². The predicted molar refractivity (Wildman–Crippen MR) is 365 cm³/mol. The second-order valence-electron chi connectivity index (χ2n) is 25.3. The van der Waals surface area contributed by atoms with E-state index in [0.29, 0.717) is 36.9 Å². The van der Waals surface area contributed by atoms with Crippen LogP contribution in [0.1, 0.15) is 116 Å². The number of amides is 15. The number of aliphatic carboxylic acids is 2. The van der Waals surface area contributed by atoms with Gasteiger partial charge in [-0.3, -0.25) is 76.7 Å². The number of nitrogens with two attached hydrogens (primary N) is 4. The lowest BCUT2D eigenvalue weighted by atomic mass is 10.00. The third-order valence-corrected chi connectivity index (χ3v) is 16.0. The molecule has 0 aromatic heterocycles. The van der Waals surface area contributed by atoms with E-state index < -0.39 is 223 Å². The lowest BCUT2D eigenvalue weighted by molar-refractivity contribution is -0.143. The molecule has 0 radical (unpaired) electrons. The van der Waals surface area contributed by atoms with Crippen molar-refractivity contribution in [2.24, 2.45) is 28.9 Å². The molecule has 104 heavy (non-hydrogen) atoms. The van der Waals surface area contributed by atoms with Gasteiger partial charge in [-0.05, 0) is 108 Å². The Morgan fingerprint density at radius 3 is 1.38 bits per heavy atom. The Kier molecular flexibility index (Phi) is 36.7. The largest absolute Gasteiger partial charge is 0.508 e. The van der Waals surface area contributed by atoms with Crippen LogP contribution in [0.15, 0.2) is 54.6 Å². The summed E-state index contributed by atoms with van der Waals surface area (Å²) in [4.78, 5) is 226. The average Bonchev–Trinajstić information content (AvgIpc) is 0.960. The first-order chi connectivity index (χ1) is 48.9. The van der Waals surface area contributed by atoms with E-state index in [4.69, 9.17) is 22.9 Å². The number of phenolic OH excluding ortho intramolecular Hbond substituents is 1. The van der Waals surface area contributed by atoms with Gasteiger partial charge in [-0.1, -0.05) is 56.3 Å². The van der Waals surface area contributed by atoms with Crippen LogP contribution in [0, 0.1) is 5.92 Å². The number of nitrogens with one attached hydrogen (secondary N) is 13. The zero-order valence-corrected chi connectivity index (χ0v) is 58.2. The Balaban J connectivity index is 1.85. The molecule has 1 aliphatic heterocycles. The standard InChI is InChI=1S/C65H97N17O22/c1-31(2)24-41(80-64(102)52(34(5)84)82-62(100)45(28-50(69)88)78-61(99)46(29-51(89)90)79-60(98)44(27-49(68)87)75-53(91)32(3)71-55(93)38-15-11-23-70-38)58(96)77-42(26-36-16-18-37(85)19-17-36)57(95)72-33(4)54(92)81-47(30-83)63(101)73-39(14-9-10-22-66)56(94)76-43(25-35-12-7-6-8-13-35)59(97)74-40(65(103)104)20-21-48(67)86/h6-8,12-13,16-19,31-34,38-47,52,70,83-85H,9-11,14-15,20-30,66H2,1-5H3,(H2,67,86)(H2,68,87)(H2,69,88)(H,71,93)(H,72,95)(H,73,101)(H,74,97)(H,75,91)(H,76,94)(H,77,96)(H,78,99)(H,79,98)(H,80,102)(H,81,92)(H,82,100)(H,89,90)(H,103,104)/t32-,33-,34+,38-,39-,40-,41-,42-,43-,44-,45-,46-,47-,52-/m0/s1. The molecular weight excluding hydrogens is 1370 g/mol. The number of carboxylic acids is 2. The number of aromatic hydroxyl groups is 1. The van der Waals surface area contributed by atoms with Gasteiger partial charge in [-0.15, -0.1) is 0 Å². The molecule has 3 rings (SSSR count). The number of unbranched alkanes of at least 4 members (excludes halogenated alkanes) is 1. The van der Waals surface area contributed by atoms with Crippen molar-refractivity contribution in [3.8, 4) is 5.75 Å². The topological polar surface area (TPSA) is 652 Å². The first kappa shape index (κ1) is 87.3. The van der Waals surface area contributed by atoms with Crippen LogP contribution < -0.4 is 92.1 Å². The molecule has 574 valence electrons. The van der Waals surface area contributed by atoms with Crippen molar-refractivity contribution in [1.82, 2.24) is 69.1 Å². The van der Waals surface area contributed by atoms with E-state index in [9.17, 15) is 107 Å². The van der Waals surface area contributed by atoms with Gasteiger partial charge < -0.3 is 118 Å². The van der Waals surface area contributed by atoms with Crippen molar-refractivity contribution in [1.29, 1.82) is 0 Å². The number of carboxylic acid groups (broad SMARTS) is 2. The zero-order valence-electron chi connectivity index (χ0n) is 58.2. The molecular formula is C65H97N17O22. The molecule has 14 atom stereocenters. The number of aliphatic hydroxyl groups excluding tert-OH is 2. The van der Waals surface area contributed by atoms with E-state index in [0.717, 1.165) is 13.8 Å². The molecule has 39 nitrogen and oxygen atoms in total. The fraction of sp³-hybridized carbons (Fsp3) is 0.554. The lowest BCUT2D eigenvalue weighted by Crippen LogP contribution is -2.62. The zero-order chi connectivity index (χ0) is 78.1. The van der Waals surface area contributed by atoms with Gasteiger partial charge in [0, 0.05) is 19.3 Å². The van der Waals surface area contributed by atoms with E-state index >= 15 is 0 Å². The summed E-state index contributed by atoms with van der Waals surface area (Å²) >= 11 is 0. The second kappa shape index (κ2) is 43.8. The summed E-state index contributed by atoms with van der Waals surface area (Å²) in [6.07, 6.45) is -4.98. The molecule has 1 aliphatic rings. The molecule has 0 aliphatic carbocycles. The van der Waals surface area contributed by atoms with Crippen LogP contribution in [0.5, 0.6) is 5.75 Å². The van der Waals surface area contributed by atoms with Crippen LogP contribution in [0.2, 0.25) is 0 Å².